The second-order valence-electron chi connectivity index (χ2n) is 2.68. The van der Waals surface area contributed by atoms with Gasteiger partial charge in [0.25, 0.3) is 0 Å². The maximum absolute atomic E-state index is 5.34. The van der Waals surface area contributed by atoms with Gasteiger partial charge in [-0.05, 0) is 23.8 Å². The first-order chi connectivity index (χ1) is 5.25. The Hall–Kier alpha value is -0.700. The smallest absolute Gasteiger partial charge is 0.192 e. The van der Waals surface area contributed by atoms with Crippen molar-refractivity contribution in [3.8, 4) is 0 Å². The van der Waals surface area contributed by atoms with Gasteiger partial charge in [-0.3, -0.25) is 0 Å². The molecule has 0 bridgehead atoms. The Bertz CT molecular complexity index is 314. The van der Waals surface area contributed by atoms with Crippen LogP contribution in [0.3, 0.4) is 0 Å². The average Bonchev–Trinajstić information content (AvgIpc) is 2.27. The molecule has 0 saturated carbocycles. The molecule has 0 atom stereocenters. The van der Waals surface area contributed by atoms with E-state index in [4.69, 9.17) is 4.42 Å². The van der Waals surface area contributed by atoms with Crippen molar-refractivity contribution >= 4 is 18.7 Å². The first-order valence-corrected chi connectivity index (χ1v) is 4.06. The lowest BCUT2D eigenvalue weighted by atomic mass is 10.1. The molecule has 1 aromatic heterocycles. The molecule has 58 valence electrons. The summed E-state index contributed by atoms with van der Waals surface area (Å²) in [7, 11) is 0. The van der Waals surface area contributed by atoms with Crippen molar-refractivity contribution in [3.63, 3.8) is 0 Å². The first-order valence-electron chi connectivity index (χ1n) is 3.61. The van der Waals surface area contributed by atoms with Gasteiger partial charge in [0.2, 0.25) is 0 Å². The summed E-state index contributed by atoms with van der Waals surface area (Å²) in [6.07, 6.45) is 3.89. The van der Waals surface area contributed by atoms with E-state index in [9.17, 15) is 0 Å². The normalized spacial score (nSPS) is 16.0. The highest BCUT2D eigenvalue weighted by Gasteiger charge is 2.13. The van der Waals surface area contributed by atoms with Crippen LogP contribution in [0.4, 0.5) is 0 Å². The summed E-state index contributed by atoms with van der Waals surface area (Å²) in [5.74, 6) is 1.63. The molecule has 0 aromatic carbocycles. The van der Waals surface area contributed by atoms with Gasteiger partial charge in [-0.2, -0.15) is 0 Å². The van der Waals surface area contributed by atoms with Crippen molar-refractivity contribution in [3.05, 3.63) is 22.3 Å². The van der Waals surface area contributed by atoms with E-state index in [0.29, 0.717) is 0 Å². The number of oxazole rings is 1. The van der Waals surface area contributed by atoms with E-state index in [-0.39, 0.29) is 0 Å². The molecule has 2 rings (SSSR count). The van der Waals surface area contributed by atoms with Crippen LogP contribution in [0.5, 0.6) is 0 Å². The van der Waals surface area contributed by atoms with Crippen molar-refractivity contribution in [2.45, 2.75) is 19.8 Å². The zero-order chi connectivity index (χ0) is 7.84. The van der Waals surface area contributed by atoms with Crippen molar-refractivity contribution < 1.29 is 4.42 Å². The zero-order valence-electron chi connectivity index (χ0n) is 6.29. The lowest BCUT2D eigenvalue weighted by Crippen LogP contribution is -1.93. The summed E-state index contributed by atoms with van der Waals surface area (Å²) >= 11 is 4.27. The van der Waals surface area contributed by atoms with Gasteiger partial charge in [-0.1, -0.05) is 0 Å². The summed E-state index contributed by atoms with van der Waals surface area (Å²) in [6.45, 7) is 1.87. The number of hydrogen-bond donors (Lipinski definition) is 1. The Balaban J connectivity index is 2.50. The van der Waals surface area contributed by atoms with Gasteiger partial charge in [0.15, 0.2) is 11.7 Å². The van der Waals surface area contributed by atoms with Crippen LogP contribution >= 0.6 is 12.6 Å². The Morgan fingerprint density at radius 3 is 3.18 bits per heavy atom. The van der Waals surface area contributed by atoms with E-state index in [1.165, 1.54) is 0 Å². The van der Waals surface area contributed by atoms with E-state index in [2.05, 4.69) is 17.6 Å². The van der Waals surface area contributed by atoms with Gasteiger partial charge >= 0.3 is 0 Å². The summed E-state index contributed by atoms with van der Waals surface area (Å²) < 4.78 is 5.34. The molecular weight excluding hydrogens is 158 g/mol. The summed E-state index contributed by atoms with van der Waals surface area (Å²) in [4.78, 5) is 5.32. The molecule has 0 unspecified atom stereocenters. The fourth-order valence-electron chi connectivity index (χ4n) is 1.25. The highest BCUT2D eigenvalue weighted by atomic mass is 32.1. The van der Waals surface area contributed by atoms with E-state index < -0.39 is 0 Å². The summed E-state index contributed by atoms with van der Waals surface area (Å²) in [5.41, 5.74) is 1.07. The molecule has 2 nitrogen and oxygen atoms in total. The maximum atomic E-state index is 5.34. The second-order valence-corrected chi connectivity index (χ2v) is 3.25. The SMILES string of the molecule is Cc1nc2c(o1)C=C(S)CC2. The first kappa shape index (κ1) is 6.98. The van der Waals surface area contributed by atoms with Crippen LogP contribution in [-0.2, 0) is 6.42 Å². The van der Waals surface area contributed by atoms with Gasteiger partial charge in [0.1, 0.15) is 0 Å². The number of nitrogens with zero attached hydrogens (tertiary/aromatic N) is 1. The molecule has 0 amide bonds. The molecule has 1 aromatic rings. The third kappa shape index (κ3) is 1.20. The van der Waals surface area contributed by atoms with E-state index >= 15 is 0 Å². The molecule has 0 saturated heterocycles. The van der Waals surface area contributed by atoms with Crippen molar-refractivity contribution in [2.24, 2.45) is 0 Å². The Morgan fingerprint density at radius 2 is 2.36 bits per heavy atom. The van der Waals surface area contributed by atoms with Crippen LogP contribution < -0.4 is 0 Å². The lowest BCUT2D eigenvalue weighted by molar-refractivity contribution is 0.511. The monoisotopic (exact) mass is 167 g/mol. The number of rotatable bonds is 0. The van der Waals surface area contributed by atoms with Gasteiger partial charge in [0, 0.05) is 6.92 Å². The van der Waals surface area contributed by atoms with Crippen LogP contribution in [0.15, 0.2) is 9.32 Å². The largest absolute Gasteiger partial charge is 0.441 e. The number of allylic oxidation sites excluding steroid dienone is 1. The molecule has 1 heterocycles. The van der Waals surface area contributed by atoms with Crippen LogP contribution in [0.1, 0.15) is 23.8 Å². The zero-order valence-corrected chi connectivity index (χ0v) is 7.19. The van der Waals surface area contributed by atoms with Crippen LogP contribution in [0, 0.1) is 6.92 Å². The quantitative estimate of drug-likeness (QED) is 0.599. The number of thiol groups is 1. The maximum Gasteiger partial charge on any atom is 0.192 e. The fraction of sp³-hybridized carbons (Fsp3) is 0.375. The molecule has 0 aliphatic heterocycles. The summed E-state index contributed by atoms with van der Waals surface area (Å²) in [5, 5.41) is 0. The molecule has 0 radical (unpaired) electrons. The molecule has 1 aliphatic rings. The van der Waals surface area contributed by atoms with Crippen molar-refractivity contribution in [2.75, 3.05) is 0 Å². The number of hydrogen-bond acceptors (Lipinski definition) is 3. The Morgan fingerprint density at radius 1 is 1.55 bits per heavy atom. The molecule has 11 heavy (non-hydrogen) atoms. The highest BCUT2D eigenvalue weighted by Crippen LogP contribution is 2.25. The molecular formula is C8H9NOS. The van der Waals surface area contributed by atoms with E-state index in [1.54, 1.807) is 0 Å². The van der Waals surface area contributed by atoms with E-state index in [1.807, 2.05) is 13.0 Å². The average molecular weight is 167 g/mol. The highest BCUT2D eigenvalue weighted by molar-refractivity contribution is 7.84. The minimum atomic E-state index is 0.745. The van der Waals surface area contributed by atoms with Gasteiger partial charge < -0.3 is 4.42 Å². The predicted octanol–water partition coefficient (Wildman–Crippen LogP) is 2.20. The molecule has 1 aliphatic carbocycles. The standard InChI is InChI=1S/C8H9NOS/c1-5-9-7-3-2-6(11)4-8(7)10-5/h4,11H,2-3H2,1H3. The summed E-state index contributed by atoms with van der Waals surface area (Å²) in [6, 6.07) is 0. The van der Waals surface area contributed by atoms with Crippen LogP contribution in [0.2, 0.25) is 0 Å². The van der Waals surface area contributed by atoms with Crippen LogP contribution in [-0.4, -0.2) is 4.98 Å². The number of aromatic nitrogens is 1. The topological polar surface area (TPSA) is 26.0 Å². The minimum absolute atomic E-state index is 0.745. The lowest BCUT2D eigenvalue weighted by Gasteiger charge is -2.04. The molecule has 0 spiro atoms. The predicted molar refractivity (Wildman–Crippen MR) is 46.5 cm³/mol. The third-order valence-electron chi connectivity index (χ3n) is 1.75. The van der Waals surface area contributed by atoms with Gasteiger partial charge in [0.05, 0.1) is 5.69 Å². The Kier molecular flexibility index (Phi) is 1.53. The van der Waals surface area contributed by atoms with Gasteiger partial charge in [-0.15, -0.1) is 12.6 Å². The minimum Gasteiger partial charge on any atom is -0.441 e. The Labute approximate surface area is 70.7 Å². The molecule has 0 N–H and O–H groups in total. The van der Waals surface area contributed by atoms with Crippen molar-refractivity contribution in [1.29, 1.82) is 0 Å². The third-order valence-corrected chi connectivity index (χ3v) is 2.10. The molecule has 0 fully saturated rings. The molecule has 3 heteroatoms. The second kappa shape index (κ2) is 2.41. The number of fused-ring (bicyclic) bond motifs is 1. The van der Waals surface area contributed by atoms with Crippen LogP contribution in [0.25, 0.3) is 6.08 Å². The van der Waals surface area contributed by atoms with E-state index in [0.717, 1.165) is 35.1 Å². The van der Waals surface area contributed by atoms with Crippen molar-refractivity contribution in [1.82, 2.24) is 4.98 Å². The van der Waals surface area contributed by atoms with Gasteiger partial charge in [-0.25, -0.2) is 4.98 Å². The number of aryl methyl sites for hydroxylation is 2. The fourth-order valence-corrected chi connectivity index (χ4v) is 1.48.